The smallest absolute Gasteiger partial charge is 0.329 e. The Morgan fingerprint density at radius 3 is 2.72 bits per heavy atom. The minimum atomic E-state index is -1.15. The zero-order valence-corrected chi connectivity index (χ0v) is 10.2. The zero-order valence-electron chi connectivity index (χ0n) is 10.2. The molecule has 1 aromatic rings. The first kappa shape index (κ1) is 12.5. The van der Waals surface area contributed by atoms with Crippen LogP contribution in [0.25, 0.3) is 0 Å². The number of pyridine rings is 1. The number of carboxylic acid groups (broad SMARTS) is 1. The van der Waals surface area contributed by atoms with Crippen LogP contribution in [0.5, 0.6) is 0 Å². The molecule has 1 fully saturated rings. The van der Waals surface area contributed by atoms with Gasteiger partial charge in [0.1, 0.15) is 5.54 Å². The Balaban J connectivity index is 2.00. The molecule has 1 aliphatic rings. The van der Waals surface area contributed by atoms with Crippen LogP contribution >= 0.6 is 0 Å². The molecular formula is C13H16N2O3. The zero-order chi connectivity index (χ0) is 13.2. The van der Waals surface area contributed by atoms with Gasteiger partial charge in [-0.2, -0.15) is 0 Å². The van der Waals surface area contributed by atoms with E-state index in [1.807, 2.05) is 0 Å². The maximum absolute atomic E-state index is 11.9. The lowest BCUT2D eigenvalue weighted by molar-refractivity contribution is -0.147. The second-order valence-electron chi connectivity index (χ2n) is 4.83. The van der Waals surface area contributed by atoms with E-state index in [-0.39, 0.29) is 18.2 Å². The summed E-state index contributed by atoms with van der Waals surface area (Å²) in [7, 11) is 0. The number of aromatic nitrogens is 1. The molecule has 18 heavy (non-hydrogen) atoms. The molecule has 1 amide bonds. The van der Waals surface area contributed by atoms with E-state index in [9.17, 15) is 14.7 Å². The van der Waals surface area contributed by atoms with Crippen molar-refractivity contribution >= 4 is 11.9 Å². The van der Waals surface area contributed by atoms with Gasteiger partial charge in [0.25, 0.3) is 0 Å². The van der Waals surface area contributed by atoms with Crippen molar-refractivity contribution in [3.05, 3.63) is 30.1 Å². The molecule has 2 N–H and O–H groups in total. The van der Waals surface area contributed by atoms with Crippen molar-refractivity contribution in [3.63, 3.8) is 0 Å². The third kappa shape index (κ3) is 2.67. The Labute approximate surface area is 105 Å². The van der Waals surface area contributed by atoms with E-state index >= 15 is 0 Å². The molecule has 1 aliphatic carbocycles. The summed E-state index contributed by atoms with van der Waals surface area (Å²) in [5.74, 6) is -1.23. The predicted molar refractivity (Wildman–Crippen MR) is 64.8 cm³/mol. The van der Waals surface area contributed by atoms with Crippen molar-refractivity contribution in [1.29, 1.82) is 0 Å². The minimum absolute atomic E-state index is 0.0442. The lowest BCUT2D eigenvalue weighted by Gasteiger charge is -2.26. The molecule has 0 radical (unpaired) electrons. The van der Waals surface area contributed by atoms with Gasteiger partial charge in [-0.1, -0.05) is 6.07 Å². The van der Waals surface area contributed by atoms with E-state index < -0.39 is 11.5 Å². The highest BCUT2D eigenvalue weighted by Crippen LogP contribution is 2.39. The van der Waals surface area contributed by atoms with E-state index in [0.29, 0.717) is 5.69 Å². The normalized spacial score (nSPS) is 17.8. The summed E-state index contributed by atoms with van der Waals surface area (Å²) in [5, 5.41) is 11.9. The van der Waals surface area contributed by atoms with Gasteiger partial charge in [-0.05, 0) is 37.8 Å². The van der Waals surface area contributed by atoms with Gasteiger partial charge in [-0.25, -0.2) is 4.79 Å². The maximum atomic E-state index is 11.9. The SMILES string of the molecule is CC(NC(=O)Cc1ccccn1)(C(=O)O)C1CC1. The second-order valence-corrected chi connectivity index (χ2v) is 4.83. The number of amides is 1. The van der Waals surface area contributed by atoms with Crippen LogP contribution in [0.4, 0.5) is 0 Å². The van der Waals surface area contributed by atoms with E-state index in [1.165, 1.54) is 0 Å². The molecule has 1 heterocycles. The predicted octanol–water partition coefficient (Wildman–Crippen LogP) is 0.994. The number of nitrogens with zero attached hydrogens (tertiary/aromatic N) is 1. The third-order valence-corrected chi connectivity index (χ3v) is 3.31. The maximum Gasteiger partial charge on any atom is 0.329 e. The molecule has 5 nitrogen and oxygen atoms in total. The van der Waals surface area contributed by atoms with Gasteiger partial charge in [0.15, 0.2) is 0 Å². The van der Waals surface area contributed by atoms with Gasteiger partial charge < -0.3 is 10.4 Å². The topological polar surface area (TPSA) is 79.3 Å². The summed E-state index contributed by atoms with van der Waals surface area (Å²) < 4.78 is 0. The highest BCUT2D eigenvalue weighted by Gasteiger charge is 2.48. The molecule has 1 unspecified atom stereocenters. The third-order valence-electron chi connectivity index (χ3n) is 3.31. The molecule has 0 saturated heterocycles. The summed E-state index contributed by atoms with van der Waals surface area (Å²) in [6.45, 7) is 1.57. The molecule has 1 aromatic heterocycles. The second kappa shape index (κ2) is 4.76. The summed E-state index contributed by atoms with van der Waals surface area (Å²) >= 11 is 0. The Hall–Kier alpha value is -1.91. The van der Waals surface area contributed by atoms with Crippen LogP contribution in [0.3, 0.4) is 0 Å². The lowest BCUT2D eigenvalue weighted by Crippen LogP contribution is -2.54. The number of carboxylic acids is 1. The van der Waals surface area contributed by atoms with Crippen molar-refractivity contribution in [2.45, 2.75) is 31.7 Å². The number of hydrogen-bond donors (Lipinski definition) is 2. The van der Waals surface area contributed by atoms with Crippen LogP contribution in [0.1, 0.15) is 25.5 Å². The number of nitrogens with one attached hydrogen (secondary N) is 1. The molecule has 5 heteroatoms. The molecule has 2 rings (SSSR count). The summed E-state index contributed by atoms with van der Waals surface area (Å²) in [6, 6.07) is 5.31. The standard InChI is InChI=1S/C13H16N2O3/c1-13(12(17)18,9-5-6-9)15-11(16)8-10-4-2-3-7-14-10/h2-4,7,9H,5-6,8H2,1H3,(H,15,16)(H,17,18). The first-order valence-electron chi connectivity index (χ1n) is 5.96. The van der Waals surface area contributed by atoms with Crippen molar-refractivity contribution in [2.75, 3.05) is 0 Å². The number of carbonyl (C=O) groups is 2. The quantitative estimate of drug-likeness (QED) is 0.814. The number of aliphatic carboxylic acids is 1. The van der Waals surface area contributed by atoms with E-state index in [1.54, 1.807) is 31.3 Å². The summed E-state index contributed by atoms with van der Waals surface area (Å²) in [5.41, 5.74) is -0.509. The van der Waals surface area contributed by atoms with Crippen LogP contribution in [0.15, 0.2) is 24.4 Å². The van der Waals surface area contributed by atoms with Gasteiger partial charge in [-0.3, -0.25) is 9.78 Å². The van der Waals surface area contributed by atoms with Gasteiger partial charge in [0.2, 0.25) is 5.91 Å². The Bertz CT molecular complexity index is 457. The van der Waals surface area contributed by atoms with Crippen LogP contribution in [-0.4, -0.2) is 27.5 Å². The fourth-order valence-electron chi connectivity index (χ4n) is 1.99. The molecule has 1 atom stereocenters. The number of rotatable bonds is 5. The highest BCUT2D eigenvalue weighted by molar-refractivity contribution is 5.88. The first-order chi connectivity index (χ1) is 8.52. The lowest BCUT2D eigenvalue weighted by atomic mass is 9.95. The minimum Gasteiger partial charge on any atom is -0.480 e. The van der Waals surface area contributed by atoms with E-state index in [0.717, 1.165) is 12.8 Å². The molecule has 0 bridgehead atoms. The molecule has 0 aliphatic heterocycles. The fourth-order valence-corrected chi connectivity index (χ4v) is 1.99. The van der Waals surface area contributed by atoms with Gasteiger partial charge in [0, 0.05) is 11.9 Å². The van der Waals surface area contributed by atoms with E-state index in [2.05, 4.69) is 10.3 Å². The van der Waals surface area contributed by atoms with Crippen molar-refractivity contribution in [1.82, 2.24) is 10.3 Å². The fraction of sp³-hybridized carbons (Fsp3) is 0.462. The largest absolute Gasteiger partial charge is 0.480 e. The van der Waals surface area contributed by atoms with Crippen molar-refractivity contribution in [3.8, 4) is 0 Å². The number of carbonyl (C=O) groups excluding carboxylic acids is 1. The average Bonchev–Trinajstić information content (AvgIpc) is 3.13. The number of hydrogen-bond acceptors (Lipinski definition) is 3. The first-order valence-corrected chi connectivity index (χ1v) is 5.96. The average molecular weight is 248 g/mol. The molecule has 0 spiro atoms. The molecular weight excluding hydrogens is 232 g/mol. The summed E-state index contributed by atoms with van der Waals surface area (Å²) in [6.07, 6.45) is 3.43. The Kier molecular flexibility index (Phi) is 3.32. The Morgan fingerprint density at radius 1 is 1.50 bits per heavy atom. The Morgan fingerprint density at radius 2 is 2.22 bits per heavy atom. The van der Waals surface area contributed by atoms with Crippen molar-refractivity contribution < 1.29 is 14.7 Å². The van der Waals surface area contributed by atoms with Gasteiger partial charge >= 0.3 is 5.97 Å². The highest BCUT2D eigenvalue weighted by atomic mass is 16.4. The van der Waals surface area contributed by atoms with Crippen LogP contribution in [-0.2, 0) is 16.0 Å². The van der Waals surface area contributed by atoms with Crippen LogP contribution < -0.4 is 5.32 Å². The summed E-state index contributed by atoms with van der Waals surface area (Å²) in [4.78, 5) is 27.2. The van der Waals surface area contributed by atoms with Crippen molar-refractivity contribution in [2.24, 2.45) is 5.92 Å². The van der Waals surface area contributed by atoms with E-state index in [4.69, 9.17) is 0 Å². The van der Waals surface area contributed by atoms with Gasteiger partial charge in [-0.15, -0.1) is 0 Å². The van der Waals surface area contributed by atoms with Crippen LogP contribution in [0.2, 0.25) is 0 Å². The molecule has 96 valence electrons. The van der Waals surface area contributed by atoms with Crippen LogP contribution in [0, 0.1) is 5.92 Å². The van der Waals surface area contributed by atoms with Gasteiger partial charge in [0.05, 0.1) is 6.42 Å². The molecule has 1 saturated carbocycles. The molecule has 0 aromatic carbocycles. The monoisotopic (exact) mass is 248 g/mol.